The van der Waals surface area contributed by atoms with Gasteiger partial charge in [0.1, 0.15) is 11.8 Å². The molecule has 1 aromatic rings. The van der Waals surface area contributed by atoms with Gasteiger partial charge in [-0.1, -0.05) is 12.1 Å². The van der Waals surface area contributed by atoms with Crippen molar-refractivity contribution in [2.45, 2.75) is 31.4 Å². The van der Waals surface area contributed by atoms with Crippen molar-refractivity contribution in [1.29, 1.82) is 5.26 Å². The number of hydrogen-bond donors (Lipinski definition) is 0. The predicted molar refractivity (Wildman–Crippen MR) is 75.7 cm³/mol. The summed E-state index contributed by atoms with van der Waals surface area (Å²) in [5.74, 6) is 0.438. The Bertz CT molecular complexity index is 567. The molecule has 5 heteroatoms. The lowest BCUT2D eigenvalue weighted by Crippen LogP contribution is -2.52. The summed E-state index contributed by atoms with van der Waals surface area (Å²) in [5.41, 5.74) is 0.450. The lowest BCUT2D eigenvalue weighted by Gasteiger charge is -2.37. The Kier molecular flexibility index (Phi) is 4.07. The highest BCUT2D eigenvalue weighted by Crippen LogP contribution is 2.29. The highest BCUT2D eigenvalue weighted by atomic mass is 16.5. The van der Waals surface area contributed by atoms with E-state index in [-0.39, 0.29) is 24.7 Å². The third-order valence-corrected chi connectivity index (χ3v) is 4.16. The first-order valence-electron chi connectivity index (χ1n) is 7.32. The largest absolute Gasteiger partial charge is 0.482 e. The van der Waals surface area contributed by atoms with Crippen molar-refractivity contribution in [1.82, 2.24) is 4.90 Å². The number of hydrogen-bond acceptors (Lipinski definition) is 4. The monoisotopic (exact) mass is 286 g/mol. The molecule has 0 aromatic heterocycles. The Morgan fingerprint density at radius 2 is 2.29 bits per heavy atom. The molecule has 3 rings (SSSR count). The van der Waals surface area contributed by atoms with Gasteiger partial charge in [-0.15, -0.1) is 0 Å². The maximum Gasteiger partial charge on any atom is 0.260 e. The van der Waals surface area contributed by atoms with E-state index in [0.717, 1.165) is 19.3 Å². The molecule has 2 unspecified atom stereocenters. The standard InChI is InChI=1S/C16H18N2O3/c17-10-12-4-1-2-6-14(12)21-11-16(19)18-8-9-20-15-7-3-5-13(15)18/h1-2,4,6,13,15H,3,5,7-9,11H2. The van der Waals surface area contributed by atoms with Gasteiger partial charge in [0.05, 0.1) is 24.3 Å². The first-order valence-corrected chi connectivity index (χ1v) is 7.32. The van der Waals surface area contributed by atoms with E-state index in [0.29, 0.717) is 24.5 Å². The van der Waals surface area contributed by atoms with Gasteiger partial charge in [-0.3, -0.25) is 4.79 Å². The highest BCUT2D eigenvalue weighted by molar-refractivity contribution is 5.78. The van der Waals surface area contributed by atoms with Crippen molar-refractivity contribution < 1.29 is 14.3 Å². The maximum atomic E-state index is 12.4. The van der Waals surface area contributed by atoms with Crippen LogP contribution in [0.2, 0.25) is 0 Å². The summed E-state index contributed by atoms with van der Waals surface area (Å²) in [7, 11) is 0. The molecule has 1 saturated carbocycles. The van der Waals surface area contributed by atoms with Crippen LogP contribution in [0.15, 0.2) is 24.3 Å². The van der Waals surface area contributed by atoms with Gasteiger partial charge in [-0.05, 0) is 31.4 Å². The van der Waals surface area contributed by atoms with Crippen LogP contribution in [-0.4, -0.2) is 42.7 Å². The van der Waals surface area contributed by atoms with Crippen molar-refractivity contribution in [2.75, 3.05) is 19.8 Å². The summed E-state index contributed by atoms with van der Waals surface area (Å²) in [4.78, 5) is 14.3. The van der Waals surface area contributed by atoms with Crippen LogP contribution in [0.3, 0.4) is 0 Å². The van der Waals surface area contributed by atoms with Crippen LogP contribution in [0.5, 0.6) is 5.75 Å². The van der Waals surface area contributed by atoms with Crippen molar-refractivity contribution in [3.8, 4) is 11.8 Å². The third kappa shape index (κ3) is 2.86. The van der Waals surface area contributed by atoms with Gasteiger partial charge in [0.25, 0.3) is 5.91 Å². The molecular weight excluding hydrogens is 268 g/mol. The summed E-state index contributed by atoms with van der Waals surface area (Å²) in [6.45, 7) is 1.20. The second kappa shape index (κ2) is 6.15. The fourth-order valence-electron chi connectivity index (χ4n) is 3.14. The van der Waals surface area contributed by atoms with E-state index in [9.17, 15) is 4.79 Å². The van der Waals surface area contributed by atoms with Crippen LogP contribution in [0.4, 0.5) is 0 Å². The van der Waals surface area contributed by atoms with E-state index in [1.54, 1.807) is 24.3 Å². The van der Waals surface area contributed by atoms with Crippen LogP contribution in [-0.2, 0) is 9.53 Å². The molecule has 1 amide bonds. The molecule has 1 saturated heterocycles. The van der Waals surface area contributed by atoms with E-state index < -0.39 is 0 Å². The molecule has 0 spiro atoms. The van der Waals surface area contributed by atoms with Crippen molar-refractivity contribution in [3.05, 3.63) is 29.8 Å². The number of nitriles is 1. The Labute approximate surface area is 124 Å². The lowest BCUT2D eigenvalue weighted by atomic mass is 10.1. The topological polar surface area (TPSA) is 62.6 Å². The summed E-state index contributed by atoms with van der Waals surface area (Å²) in [6.07, 6.45) is 3.34. The first kappa shape index (κ1) is 13.9. The summed E-state index contributed by atoms with van der Waals surface area (Å²) in [6, 6.07) is 9.23. The lowest BCUT2D eigenvalue weighted by molar-refractivity contribution is -0.146. The third-order valence-electron chi connectivity index (χ3n) is 4.16. The Hall–Kier alpha value is -2.06. The van der Waals surface area contributed by atoms with Gasteiger partial charge in [0, 0.05) is 6.54 Å². The molecule has 1 aliphatic carbocycles. The SMILES string of the molecule is N#Cc1ccccc1OCC(=O)N1CCOC2CCCC21. The number of fused-ring (bicyclic) bond motifs is 1. The summed E-state index contributed by atoms with van der Waals surface area (Å²) >= 11 is 0. The van der Waals surface area contributed by atoms with E-state index >= 15 is 0 Å². The minimum atomic E-state index is -0.0259. The van der Waals surface area contributed by atoms with E-state index in [1.165, 1.54) is 0 Å². The quantitative estimate of drug-likeness (QED) is 0.848. The van der Waals surface area contributed by atoms with Crippen LogP contribution in [0.1, 0.15) is 24.8 Å². The van der Waals surface area contributed by atoms with Crippen LogP contribution in [0, 0.1) is 11.3 Å². The highest BCUT2D eigenvalue weighted by Gasteiger charge is 2.38. The minimum absolute atomic E-state index is 0.0251. The molecule has 1 aliphatic heterocycles. The molecule has 110 valence electrons. The summed E-state index contributed by atoms with van der Waals surface area (Å²) in [5, 5.41) is 9.01. The predicted octanol–water partition coefficient (Wildman–Crippen LogP) is 1.72. The maximum absolute atomic E-state index is 12.4. The normalized spacial score (nSPS) is 24.2. The Balaban J connectivity index is 1.62. The molecule has 0 radical (unpaired) electrons. The molecular formula is C16H18N2O3. The number of amides is 1. The van der Waals surface area contributed by atoms with Crippen LogP contribution in [0.25, 0.3) is 0 Å². The zero-order chi connectivity index (χ0) is 14.7. The summed E-state index contributed by atoms with van der Waals surface area (Å²) < 4.78 is 11.2. The van der Waals surface area contributed by atoms with E-state index in [1.807, 2.05) is 4.90 Å². The number of para-hydroxylation sites is 1. The fraction of sp³-hybridized carbons (Fsp3) is 0.500. The molecule has 2 fully saturated rings. The average Bonchev–Trinajstić information content (AvgIpc) is 3.01. The second-order valence-corrected chi connectivity index (χ2v) is 5.39. The molecule has 1 aromatic carbocycles. The van der Waals surface area contributed by atoms with E-state index in [4.69, 9.17) is 14.7 Å². The van der Waals surface area contributed by atoms with Crippen molar-refractivity contribution in [3.63, 3.8) is 0 Å². The number of benzene rings is 1. The number of morpholine rings is 1. The smallest absolute Gasteiger partial charge is 0.260 e. The molecule has 0 bridgehead atoms. The Morgan fingerprint density at radius 3 is 3.14 bits per heavy atom. The van der Waals surface area contributed by atoms with E-state index in [2.05, 4.69) is 6.07 Å². The molecule has 1 heterocycles. The molecule has 0 N–H and O–H groups in total. The second-order valence-electron chi connectivity index (χ2n) is 5.39. The van der Waals surface area contributed by atoms with Gasteiger partial charge in [-0.2, -0.15) is 5.26 Å². The molecule has 2 aliphatic rings. The van der Waals surface area contributed by atoms with Gasteiger partial charge < -0.3 is 14.4 Å². The number of nitrogens with zero attached hydrogens (tertiary/aromatic N) is 2. The number of rotatable bonds is 3. The van der Waals surface area contributed by atoms with Crippen molar-refractivity contribution >= 4 is 5.91 Å². The molecule has 21 heavy (non-hydrogen) atoms. The number of carbonyl (C=O) groups is 1. The first-order chi connectivity index (χ1) is 10.3. The van der Waals surface area contributed by atoms with Gasteiger partial charge >= 0.3 is 0 Å². The van der Waals surface area contributed by atoms with Gasteiger partial charge in [-0.25, -0.2) is 0 Å². The van der Waals surface area contributed by atoms with Crippen LogP contribution < -0.4 is 4.74 Å². The number of ether oxygens (including phenoxy) is 2. The Morgan fingerprint density at radius 1 is 1.43 bits per heavy atom. The molecule has 5 nitrogen and oxygen atoms in total. The molecule has 2 atom stereocenters. The zero-order valence-corrected chi connectivity index (χ0v) is 11.8. The minimum Gasteiger partial charge on any atom is -0.482 e. The zero-order valence-electron chi connectivity index (χ0n) is 11.8. The van der Waals surface area contributed by atoms with Crippen molar-refractivity contribution in [2.24, 2.45) is 0 Å². The number of carbonyl (C=O) groups excluding carboxylic acids is 1. The van der Waals surface area contributed by atoms with Crippen LogP contribution >= 0.6 is 0 Å². The van der Waals surface area contributed by atoms with Gasteiger partial charge in [0.15, 0.2) is 6.61 Å². The average molecular weight is 286 g/mol. The fourth-order valence-corrected chi connectivity index (χ4v) is 3.14. The van der Waals surface area contributed by atoms with Gasteiger partial charge in [0.2, 0.25) is 0 Å².